The van der Waals surface area contributed by atoms with Crippen molar-refractivity contribution in [2.24, 2.45) is 0 Å². The maximum atomic E-state index is 12.2. The molecular formula is C17H19N5O2. The van der Waals surface area contributed by atoms with Gasteiger partial charge in [0.05, 0.1) is 6.42 Å². The topological polar surface area (TPSA) is 78.3 Å². The Bertz CT molecular complexity index is 908. The number of piperazine rings is 1. The monoisotopic (exact) mass is 325 g/mol. The van der Waals surface area contributed by atoms with Crippen molar-refractivity contribution in [2.75, 3.05) is 38.1 Å². The van der Waals surface area contributed by atoms with Crippen LogP contribution in [-0.2, 0) is 6.42 Å². The molecule has 0 amide bonds. The van der Waals surface area contributed by atoms with Gasteiger partial charge in [0.25, 0.3) is 11.5 Å². The van der Waals surface area contributed by atoms with E-state index in [1.165, 1.54) is 0 Å². The van der Waals surface area contributed by atoms with Crippen LogP contribution in [-0.4, -0.2) is 53.3 Å². The van der Waals surface area contributed by atoms with Crippen LogP contribution in [0.2, 0.25) is 0 Å². The predicted octanol–water partition coefficient (Wildman–Crippen LogP) is 1.25. The minimum atomic E-state index is -0.118. The molecule has 0 saturated carbocycles. The van der Waals surface area contributed by atoms with Crippen molar-refractivity contribution < 1.29 is 4.52 Å². The summed E-state index contributed by atoms with van der Waals surface area (Å²) < 4.78 is 5.35. The van der Waals surface area contributed by atoms with E-state index in [1.54, 1.807) is 0 Å². The third-order valence-corrected chi connectivity index (χ3v) is 4.42. The summed E-state index contributed by atoms with van der Waals surface area (Å²) in [4.78, 5) is 23.9. The summed E-state index contributed by atoms with van der Waals surface area (Å²) in [5.74, 6) is 1.07. The molecule has 4 rings (SSSR count). The van der Waals surface area contributed by atoms with Gasteiger partial charge >= 0.3 is 0 Å². The number of fused-ring (bicyclic) bond motifs is 1. The molecule has 124 valence electrons. The number of nitrogens with zero attached hydrogens (tertiary/aromatic N) is 4. The van der Waals surface area contributed by atoms with Gasteiger partial charge in [0.15, 0.2) is 0 Å². The minimum absolute atomic E-state index is 0.118. The quantitative estimate of drug-likeness (QED) is 0.781. The van der Waals surface area contributed by atoms with E-state index < -0.39 is 0 Å². The molecule has 1 aliphatic rings. The molecule has 1 fully saturated rings. The van der Waals surface area contributed by atoms with Crippen LogP contribution in [0.5, 0.6) is 0 Å². The minimum Gasteiger partial charge on any atom is -0.337 e. The Morgan fingerprint density at radius 2 is 2.00 bits per heavy atom. The van der Waals surface area contributed by atoms with Crippen LogP contribution in [0.25, 0.3) is 10.9 Å². The summed E-state index contributed by atoms with van der Waals surface area (Å²) in [6.45, 7) is 3.72. The molecule has 7 heteroatoms. The van der Waals surface area contributed by atoms with Crippen LogP contribution >= 0.6 is 0 Å². The van der Waals surface area contributed by atoms with Gasteiger partial charge in [0.2, 0.25) is 5.89 Å². The van der Waals surface area contributed by atoms with Crippen molar-refractivity contribution in [1.82, 2.24) is 20.0 Å². The van der Waals surface area contributed by atoms with Crippen molar-refractivity contribution in [3.05, 3.63) is 52.1 Å². The lowest BCUT2D eigenvalue weighted by atomic mass is 10.1. The second-order valence-corrected chi connectivity index (χ2v) is 6.17. The Morgan fingerprint density at radius 3 is 2.83 bits per heavy atom. The van der Waals surface area contributed by atoms with Crippen LogP contribution in [0.1, 0.15) is 11.5 Å². The van der Waals surface area contributed by atoms with Crippen LogP contribution in [0.15, 0.2) is 39.6 Å². The second kappa shape index (κ2) is 6.09. The molecule has 7 nitrogen and oxygen atoms in total. The first-order chi connectivity index (χ1) is 11.7. The molecule has 0 radical (unpaired) electrons. The fraction of sp³-hybridized carbons (Fsp3) is 0.353. The molecule has 3 heterocycles. The van der Waals surface area contributed by atoms with Gasteiger partial charge in [-0.2, -0.15) is 4.98 Å². The molecule has 1 aliphatic heterocycles. The first-order valence-corrected chi connectivity index (χ1v) is 8.06. The van der Waals surface area contributed by atoms with E-state index in [-0.39, 0.29) is 5.56 Å². The van der Waals surface area contributed by atoms with E-state index in [9.17, 15) is 4.79 Å². The molecule has 0 aliphatic carbocycles. The van der Waals surface area contributed by atoms with Crippen molar-refractivity contribution in [3.8, 4) is 0 Å². The summed E-state index contributed by atoms with van der Waals surface area (Å²) in [5.41, 5.74) is 1.34. The molecule has 0 unspecified atom stereocenters. The normalized spacial score (nSPS) is 16.0. The maximum absolute atomic E-state index is 12.2. The average molecular weight is 325 g/mol. The zero-order chi connectivity index (χ0) is 16.5. The third-order valence-electron chi connectivity index (χ3n) is 4.42. The van der Waals surface area contributed by atoms with E-state index in [0.29, 0.717) is 23.8 Å². The van der Waals surface area contributed by atoms with E-state index in [4.69, 9.17) is 4.52 Å². The van der Waals surface area contributed by atoms with Crippen LogP contribution in [0, 0.1) is 0 Å². The number of anilines is 1. The molecule has 0 spiro atoms. The highest BCUT2D eigenvalue weighted by atomic mass is 16.5. The Morgan fingerprint density at radius 1 is 1.21 bits per heavy atom. The largest absolute Gasteiger partial charge is 0.337 e. The lowest BCUT2D eigenvalue weighted by molar-refractivity contribution is 0.308. The Labute approximate surface area is 138 Å². The molecule has 0 atom stereocenters. The van der Waals surface area contributed by atoms with Gasteiger partial charge in [-0.15, -0.1) is 0 Å². The lowest BCUT2D eigenvalue weighted by Gasteiger charge is -2.31. The van der Waals surface area contributed by atoms with E-state index in [0.717, 1.165) is 37.1 Å². The maximum Gasteiger partial charge on any atom is 0.266 e. The summed E-state index contributed by atoms with van der Waals surface area (Å²) in [7, 11) is 2.10. The number of hydrogen-bond acceptors (Lipinski definition) is 6. The van der Waals surface area contributed by atoms with Crippen LogP contribution in [0.3, 0.4) is 0 Å². The second-order valence-electron chi connectivity index (χ2n) is 6.17. The number of H-pyrrole nitrogens is 1. The van der Waals surface area contributed by atoms with Crippen LogP contribution in [0.4, 0.5) is 5.95 Å². The van der Waals surface area contributed by atoms with E-state index in [2.05, 4.69) is 32.0 Å². The molecule has 0 bridgehead atoms. The summed E-state index contributed by atoms with van der Waals surface area (Å²) >= 11 is 0. The van der Waals surface area contributed by atoms with Gasteiger partial charge in [-0.25, -0.2) is 0 Å². The smallest absolute Gasteiger partial charge is 0.266 e. The van der Waals surface area contributed by atoms with Crippen LogP contribution < -0.4 is 10.5 Å². The zero-order valence-electron chi connectivity index (χ0n) is 13.5. The fourth-order valence-corrected chi connectivity index (χ4v) is 2.94. The number of pyridine rings is 1. The zero-order valence-corrected chi connectivity index (χ0v) is 13.5. The Hall–Kier alpha value is -2.67. The Kier molecular flexibility index (Phi) is 3.78. The lowest BCUT2D eigenvalue weighted by Crippen LogP contribution is -2.44. The van der Waals surface area contributed by atoms with Gasteiger partial charge in [-0.05, 0) is 29.7 Å². The Balaban J connectivity index is 1.56. The first kappa shape index (κ1) is 14.9. The van der Waals surface area contributed by atoms with Gasteiger partial charge in [0.1, 0.15) is 0 Å². The molecule has 1 aromatic carbocycles. The number of hydrogen-bond donors (Lipinski definition) is 1. The standard InChI is InChI=1S/C17H19N5O2/c1-21-6-8-22(9-7-21)17-19-15(24-20-17)11-13-10-12-4-2-3-5-14(12)18-16(13)23/h2-5,10H,6-9,11H2,1H3,(H,18,23). The van der Waals surface area contributed by atoms with Gasteiger partial charge in [-0.1, -0.05) is 18.2 Å². The fourth-order valence-electron chi connectivity index (χ4n) is 2.94. The van der Waals surface area contributed by atoms with E-state index in [1.807, 2.05) is 30.3 Å². The van der Waals surface area contributed by atoms with Crippen molar-refractivity contribution in [2.45, 2.75) is 6.42 Å². The summed E-state index contributed by atoms with van der Waals surface area (Å²) in [6, 6.07) is 9.59. The number of para-hydroxylation sites is 1. The predicted molar refractivity (Wildman–Crippen MR) is 91.4 cm³/mol. The number of likely N-dealkylation sites (N-methyl/N-ethyl adjacent to an activating group) is 1. The number of aromatic nitrogens is 3. The molecule has 1 N–H and O–H groups in total. The highest BCUT2D eigenvalue weighted by molar-refractivity contribution is 5.78. The molecule has 1 saturated heterocycles. The SMILES string of the molecule is CN1CCN(c2noc(Cc3cc4ccccc4[nH]c3=O)n2)CC1. The number of rotatable bonds is 3. The highest BCUT2D eigenvalue weighted by Gasteiger charge is 2.19. The number of aromatic amines is 1. The molecular weight excluding hydrogens is 306 g/mol. The molecule has 2 aromatic heterocycles. The van der Waals surface area contributed by atoms with Gasteiger partial charge in [-0.3, -0.25) is 4.79 Å². The van der Waals surface area contributed by atoms with Gasteiger partial charge in [0, 0.05) is 37.3 Å². The third kappa shape index (κ3) is 2.90. The van der Waals surface area contributed by atoms with Crippen molar-refractivity contribution >= 4 is 16.9 Å². The van der Waals surface area contributed by atoms with Gasteiger partial charge < -0.3 is 19.3 Å². The molecule has 3 aromatic rings. The number of benzene rings is 1. The average Bonchev–Trinajstić information content (AvgIpc) is 3.05. The van der Waals surface area contributed by atoms with Crippen molar-refractivity contribution in [1.29, 1.82) is 0 Å². The van der Waals surface area contributed by atoms with Crippen molar-refractivity contribution in [3.63, 3.8) is 0 Å². The molecule has 24 heavy (non-hydrogen) atoms. The highest BCUT2D eigenvalue weighted by Crippen LogP contribution is 2.15. The summed E-state index contributed by atoms with van der Waals surface area (Å²) in [6.07, 6.45) is 0.334. The van der Waals surface area contributed by atoms with E-state index >= 15 is 0 Å². The first-order valence-electron chi connectivity index (χ1n) is 8.06. The summed E-state index contributed by atoms with van der Waals surface area (Å²) in [5, 5.41) is 5.05. The number of nitrogens with one attached hydrogen (secondary N) is 1.